The Balaban J connectivity index is 1.50. The Morgan fingerprint density at radius 2 is 1.93 bits per heavy atom. The first-order valence-corrected chi connectivity index (χ1v) is 10.4. The van der Waals surface area contributed by atoms with Gasteiger partial charge in [0.05, 0.1) is 12.1 Å². The molecule has 0 fully saturated rings. The monoisotopic (exact) mass is 412 g/mol. The van der Waals surface area contributed by atoms with Crippen LogP contribution in [0.1, 0.15) is 28.4 Å². The van der Waals surface area contributed by atoms with Gasteiger partial charge in [-0.2, -0.15) is 11.3 Å². The molecule has 0 aliphatic rings. The van der Waals surface area contributed by atoms with Crippen molar-refractivity contribution in [3.8, 4) is 5.75 Å². The first-order chi connectivity index (χ1) is 14.0. The average molecular weight is 413 g/mol. The lowest BCUT2D eigenvalue weighted by atomic mass is 10.2. The van der Waals surface area contributed by atoms with E-state index in [0.717, 1.165) is 24.4 Å². The molecule has 6 heteroatoms. The molecular formula is C23H25FN2O2S. The number of ether oxygens (including phenoxy) is 1. The van der Waals surface area contributed by atoms with Crippen LogP contribution in [0.2, 0.25) is 0 Å². The van der Waals surface area contributed by atoms with Gasteiger partial charge >= 0.3 is 0 Å². The maximum Gasteiger partial charge on any atom is 0.254 e. The zero-order chi connectivity index (χ0) is 20.6. The second-order valence-corrected chi connectivity index (χ2v) is 7.85. The largest absolute Gasteiger partial charge is 0.489 e. The first-order valence-electron chi connectivity index (χ1n) is 9.49. The third-order valence-corrected chi connectivity index (χ3v) is 5.12. The summed E-state index contributed by atoms with van der Waals surface area (Å²) in [7, 11) is 2.09. The van der Waals surface area contributed by atoms with Crippen molar-refractivity contribution < 1.29 is 13.9 Å². The van der Waals surface area contributed by atoms with E-state index in [1.165, 1.54) is 17.7 Å². The summed E-state index contributed by atoms with van der Waals surface area (Å²) in [6.45, 7) is 3.87. The van der Waals surface area contributed by atoms with Crippen LogP contribution in [0.15, 0.2) is 65.4 Å². The fourth-order valence-corrected chi connectivity index (χ4v) is 3.69. The van der Waals surface area contributed by atoms with Gasteiger partial charge in [0.15, 0.2) is 0 Å². The molecule has 1 unspecified atom stereocenters. The number of thiophene rings is 1. The van der Waals surface area contributed by atoms with Gasteiger partial charge in [0.1, 0.15) is 17.7 Å². The van der Waals surface area contributed by atoms with Gasteiger partial charge in [0.2, 0.25) is 0 Å². The van der Waals surface area contributed by atoms with Crippen molar-refractivity contribution in [3.63, 3.8) is 0 Å². The SMILES string of the molecule is CC(CNC(=O)c1ccccc1F)Oc1cccc(CN(C)Cc2ccsc2)c1. The van der Waals surface area contributed by atoms with Gasteiger partial charge in [-0.3, -0.25) is 9.69 Å². The molecule has 3 aromatic rings. The van der Waals surface area contributed by atoms with Crippen LogP contribution >= 0.6 is 11.3 Å². The van der Waals surface area contributed by atoms with Gasteiger partial charge in [0.25, 0.3) is 5.91 Å². The Morgan fingerprint density at radius 3 is 2.69 bits per heavy atom. The van der Waals surface area contributed by atoms with E-state index in [9.17, 15) is 9.18 Å². The molecule has 0 aliphatic heterocycles. The van der Waals surface area contributed by atoms with Crippen molar-refractivity contribution in [1.82, 2.24) is 10.2 Å². The molecule has 0 saturated heterocycles. The van der Waals surface area contributed by atoms with Crippen molar-refractivity contribution in [3.05, 3.63) is 87.9 Å². The molecule has 1 atom stereocenters. The minimum atomic E-state index is -0.530. The minimum Gasteiger partial charge on any atom is -0.489 e. The summed E-state index contributed by atoms with van der Waals surface area (Å²) in [6, 6.07) is 16.0. The number of carbonyl (C=O) groups excluding carboxylic acids is 1. The van der Waals surface area contributed by atoms with Crippen molar-refractivity contribution in [1.29, 1.82) is 0 Å². The Bertz CT molecular complexity index is 930. The molecule has 1 N–H and O–H groups in total. The number of hydrogen-bond acceptors (Lipinski definition) is 4. The van der Waals surface area contributed by atoms with Crippen molar-refractivity contribution in [2.45, 2.75) is 26.1 Å². The molecule has 1 aromatic heterocycles. The van der Waals surface area contributed by atoms with Gasteiger partial charge < -0.3 is 10.1 Å². The summed E-state index contributed by atoms with van der Waals surface area (Å²) >= 11 is 1.71. The van der Waals surface area contributed by atoms with E-state index in [4.69, 9.17) is 4.74 Å². The molecule has 0 bridgehead atoms. The molecule has 0 radical (unpaired) electrons. The van der Waals surface area contributed by atoms with Crippen LogP contribution in [0.25, 0.3) is 0 Å². The van der Waals surface area contributed by atoms with Gasteiger partial charge in [-0.25, -0.2) is 4.39 Å². The molecule has 0 spiro atoms. The predicted molar refractivity (Wildman–Crippen MR) is 115 cm³/mol. The number of carbonyl (C=O) groups is 1. The molecule has 4 nitrogen and oxygen atoms in total. The second-order valence-electron chi connectivity index (χ2n) is 7.07. The highest BCUT2D eigenvalue weighted by Gasteiger charge is 2.13. The fraction of sp³-hybridized carbons (Fsp3) is 0.261. The Hall–Kier alpha value is -2.70. The fourth-order valence-electron chi connectivity index (χ4n) is 3.03. The van der Waals surface area contributed by atoms with Gasteiger partial charge in [-0.05, 0) is 66.2 Å². The Morgan fingerprint density at radius 1 is 1.14 bits per heavy atom. The number of nitrogens with one attached hydrogen (secondary N) is 1. The number of benzene rings is 2. The summed E-state index contributed by atoms with van der Waals surface area (Å²) in [4.78, 5) is 14.4. The number of rotatable bonds is 9. The number of nitrogens with zero attached hydrogens (tertiary/aromatic N) is 1. The molecule has 1 heterocycles. The van der Waals surface area contributed by atoms with Gasteiger partial charge in [-0.1, -0.05) is 24.3 Å². The predicted octanol–water partition coefficient (Wildman–Crippen LogP) is 4.72. The molecule has 2 aromatic carbocycles. The van der Waals surface area contributed by atoms with E-state index in [1.807, 2.05) is 25.1 Å². The van der Waals surface area contributed by atoms with Crippen molar-refractivity contribution in [2.75, 3.05) is 13.6 Å². The summed E-state index contributed by atoms with van der Waals surface area (Å²) < 4.78 is 19.6. The molecular weight excluding hydrogens is 387 g/mol. The van der Waals surface area contributed by atoms with Gasteiger partial charge in [-0.15, -0.1) is 0 Å². The summed E-state index contributed by atoms with van der Waals surface area (Å²) in [5.41, 5.74) is 2.50. The molecule has 0 aliphatic carbocycles. The van der Waals surface area contributed by atoms with E-state index in [0.29, 0.717) is 0 Å². The van der Waals surface area contributed by atoms with Crippen LogP contribution in [0.5, 0.6) is 5.75 Å². The van der Waals surface area contributed by atoms with Crippen LogP contribution in [0.4, 0.5) is 4.39 Å². The molecule has 0 saturated carbocycles. The van der Waals surface area contributed by atoms with Crippen molar-refractivity contribution in [2.24, 2.45) is 0 Å². The number of hydrogen-bond donors (Lipinski definition) is 1. The third-order valence-electron chi connectivity index (χ3n) is 4.39. The highest BCUT2D eigenvalue weighted by molar-refractivity contribution is 7.07. The van der Waals surface area contributed by atoms with Crippen LogP contribution in [-0.2, 0) is 13.1 Å². The maximum absolute atomic E-state index is 13.7. The van der Waals surface area contributed by atoms with Gasteiger partial charge in [0, 0.05) is 13.1 Å². The number of halogens is 1. The molecule has 1 amide bonds. The molecule has 3 rings (SSSR count). The average Bonchev–Trinajstić information content (AvgIpc) is 3.19. The van der Waals surface area contributed by atoms with E-state index >= 15 is 0 Å². The third kappa shape index (κ3) is 6.41. The zero-order valence-corrected chi connectivity index (χ0v) is 17.4. The highest BCUT2D eigenvalue weighted by atomic mass is 32.1. The quantitative estimate of drug-likeness (QED) is 0.553. The lowest BCUT2D eigenvalue weighted by Crippen LogP contribution is -2.34. The molecule has 152 valence electrons. The maximum atomic E-state index is 13.7. The topological polar surface area (TPSA) is 41.6 Å². The van der Waals surface area contributed by atoms with Crippen LogP contribution < -0.4 is 10.1 Å². The van der Waals surface area contributed by atoms with Crippen LogP contribution in [0, 0.1) is 5.82 Å². The smallest absolute Gasteiger partial charge is 0.254 e. The summed E-state index contributed by atoms with van der Waals surface area (Å²) in [5, 5.41) is 6.97. The molecule has 29 heavy (non-hydrogen) atoms. The lowest BCUT2D eigenvalue weighted by molar-refractivity contribution is 0.0928. The number of amides is 1. The van der Waals surface area contributed by atoms with Crippen molar-refractivity contribution >= 4 is 17.2 Å². The standard InChI is InChI=1S/C23H25FN2O2S/c1-17(13-25-23(27)21-8-3-4-9-22(21)24)28-20-7-5-6-18(12-20)14-26(2)15-19-10-11-29-16-19/h3-12,16-17H,13-15H2,1-2H3,(H,25,27). The van der Waals surface area contributed by atoms with Crippen LogP contribution in [0.3, 0.4) is 0 Å². The second kappa shape index (κ2) is 10.2. The summed E-state index contributed by atoms with van der Waals surface area (Å²) in [5.74, 6) is -0.223. The van der Waals surface area contributed by atoms with E-state index in [1.54, 1.807) is 23.5 Å². The highest BCUT2D eigenvalue weighted by Crippen LogP contribution is 2.17. The first kappa shape index (κ1) is 21.0. The van der Waals surface area contributed by atoms with E-state index in [-0.39, 0.29) is 18.2 Å². The lowest BCUT2D eigenvalue weighted by Gasteiger charge is -2.18. The minimum absolute atomic E-state index is 0.0374. The van der Waals surface area contributed by atoms with E-state index < -0.39 is 11.7 Å². The summed E-state index contributed by atoms with van der Waals surface area (Å²) in [6.07, 6.45) is -0.246. The Kier molecular flexibility index (Phi) is 7.38. The zero-order valence-electron chi connectivity index (χ0n) is 16.6. The van der Waals surface area contributed by atoms with E-state index in [2.05, 4.69) is 40.2 Å². The van der Waals surface area contributed by atoms with Crippen LogP contribution in [-0.4, -0.2) is 30.5 Å². The normalized spacial score (nSPS) is 12.0. The Labute approximate surface area is 174 Å².